The summed E-state index contributed by atoms with van der Waals surface area (Å²) in [6.07, 6.45) is 0. The first-order valence-electron chi connectivity index (χ1n) is 3.92. The third-order valence-corrected chi connectivity index (χ3v) is 3.03. The van der Waals surface area contributed by atoms with Gasteiger partial charge in [0.15, 0.2) is 0 Å². The van der Waals surface area contributed by atoms with Crippen LogP contribution in [0, 0.1) is 6.92 Å². The van der Waals surface area contributed by atoms with Gasteiger partial charge < -0.3 is 5.11 Å². The minimum Gasteiger partial charge on any atom is -0.391 e. The summed E-state index contributed by atoms with van der Waals surface area (Å²) in [6.45, 7) is 5.25. The van der Waals surface area contributed by atoms with Gasteiger partial charge in [-0.05, 0) is 19.1 Å². The first kappa shape index (κ1) is 10.2. The number of aryl methyl sites for hydroxylation is 1. The van der Waals surface area contributed by atoms with E-state index in [1.54, 1.807) is 12.1 Å². The molecule has 0 aliphatic rings. The van der Waals surface area contributed by atoms with Crippen molar-refractivity contribution in [3.05, 3.63) is 41.3 Å². The lowest BCUT2D eigenvalue weighted by Crippen LogP contribution is -1.98. The van der Waals surface area contributed by atoms with Crippen molar-refractivity contribution >= 4 is 10.8 Å². The van der Waals surface area contributed by atoms with Crippen LogP contribution in [0.2, 0.25) is 0 Å². The lowest BCUT2D eigenvalue weighted by molar-refractivity contribution is 0.339. The molecule has 1 N–H and O–H groups in total. The summed E-state index contributed by atoms with van der Waals surface area (Å²) >= 11 is 0. The minimum atomic E-state index is -1.28. The average Bonchev–Trinajstić information content (AvgIpc) is 2.17. The van der Waals surface area contributed by atoms with Gasteiger partial charge in [-0.2, -0.15) is 0 Å². The first-order valence-corrected chi connectivity index (χ1v) is 5.07. The van der Waals surface area contributed by atoms with Crippen LogP contribution in [0.15, 0.2) is 40.6 Å². The van der Waals surface area contributed by atoms with Gasteiger partial charge in [0.25, 0.3) is 0 Å². The average molecular weight is 196 g/mol. The molecule has 0 aliphatic heterocycles. The topological polar surface area (TPSA) is 37.3 Å². The molecule has 3 heteroatoms. The van der Waals surface area contributed by atoms with Crippen molar-refractivity contribution in [2.75, 3.05) is 6.61 Å². The predicted octanol–water partition coefficient (Wildman–Crippen LogP) is 1.61. The highest BCUT2D eigenvalue weighted by Gasteiger charge is 2.05. The molecule has 0 spiro atoms. The Morgan fingerprint density at radius 3 is 2.46 bits per heavy atom. The number of hydrogen-bond donors (Lipinski definition) is 1. The molecule has 13 heavy (non-hydrogen) atoms. The van der Waals surface area contributed by atoms with Gasteiger partial charge in [0, 0.05) is 9.80 Å². The summed E-state index contributed by atoms with van der Waals surface area (Å²) in [5.74, 6) is 0. The van der Waals surface area contributed by atoms with Crippen molar-refractivity contribution in [3.63, 3.8) is 0 Å². The van der Waals surface area contributed by atoms with Gasteiger partial charge in [0.2, 0.25) is 0 Å². The van der Waals surface area contributed by atoms with E-state index < -0.39 is 10.8 Å². The summed E-state index contributed by atoms with van der Waals surface area (Å²) < 4.78 is 11.5. The maximum absolute atomic E-state index is 11.5. The van der Waals surface area contributed by atoms with Crippen LogP contribution in [0.1, 0.15) is 5.56 Å². The van der Waals surface area contributed by atoms with Gasteiger partial charge in [-0.25, -0.2) is 4.21 Å². The Morgan fingerprint density at radius 1 is 1.46 bits per heavy atom. The molecule has 1 rings (SSSR count). The molecule has 70 valence electrons. The van der Waals surface area contributed by atoms with Crippen LogP contribution in [0.3, 0.4) is 0 Å². The molecule has 0 saturated carbocycles. The number of aliphatic hydroxyl groups excluding tert-OH is 1. The Balaban J connectivity index is 2.90. The van der Waals surface area contributed by atoms with E-state index in [2.05, 4.69) is 6.58 Å². The molecular formula is C10H12O2S. The third-order valence-electron chi connectivity index (χ3n) is 1.67. The Kier molecular flexibility index (Phi) is 3.39. The third kappa shape index (κ3) is 2.50. The van der Waals surface area contributed by atoms with E-state index in [9.17, 15) is 4.21 Å². The molecule has 0 fully saturated rings. The predicted molar refractivity (Wildman–Crippen MR) is 53.8 cm³/mol. The highest BCUT2D eigenvalue weighted by Crippen LogP contribution is 2.13. The van der Waals surface area contributed by atoms with E-state index in [0.29, 0.717) is 9.80 Å². The lowest BCUT2D eigenvalue weighted by atomic mass is 10.2. The van der Waals surface area contributed by atoms with Crippen LogP contribution in [-0.4, -0.2) is 15.9 Å². The van der Waals surface area contributed by atoms with E-state index in [4.69, 9.17) is 5.11 Å². The number of rotatable bonds is 3. The molecule has 0 bridgehead atoms. The summed E-state index contributed by atoms with van der Waals surface area (Å²) in [5.41, 5.74) is 1.12. The standard InChI is InChI=1S/C10H12O2S/c1-8-3-5-10(6-4-8)13(12)9(2)7-11/h3-6,11H,2,7H2,1H3/t13-/m1/s1. The molecule has 1 atom stereocenters. The van der Waals surface area contributed by atoms with Gasteiger partial charge in [-0.15, -0.1) is 0 Å². The monoisotopic (exact) mass is 196 g/mol. The molecule has 1 aromatic rings. The smallest absolute Gasteiger partial charge is 0.0825 e. The molecule has 0 saturated heterocycles. The summed E-state index contributed by atoms with van der Waals surface area (Å²) in [7, 11) is -1.28. The fourth-order valence-corrected chi connectivity index (χ4v) is 1.72. The number of aliphatic hydroxyl groups is 1. The highest BCUT2D eigenvalue weighted by atomic mass is 32.2. The van der Waals surface area contributed by atoms with Crippen LogP contribution < -0.4 is 0 Å². The Morgan fingerprint density at radius 2 is 2.00 bits per heavy atom. The van der Waals surface area contributed by atoms with E-state index >= 15 is 0 Å². The lowest BCUT2D eigenvalue weighted by Gasteiger charge is -2.02. The SMILES string of the molecule is C=C(CO)[S@@](=O)c1ccc(C)cc1. The van der Waals surface area contributed by atoms with Gasteiger partial charge >= 0.3 is 0 Å². The van der Waals surface area contributed by atoms with Crippen LogP contribution >= 0.6 is 0 Å². The van der Waals surface area contributed by atoms with Gasteiger partial charge in [0.1, 0.15) is 0 Å². The number of benzene rings is 1. The largest absolute Gasteiger partial charge is 0.391 e. The van der Waals surface area contributed by atoms with Gasteiger partial charge in [-0.1, -0.05) is 24.3 Å². The molecule has 0 aromatic heterocycles. The second-order valence-corrected chi connectivity index (χ2v) is 4.36. The molecular weight excluding hydrogens is 184 g/mol. The quantitative estimate of drug-likeness (QED) is 0.797. The Bertz CT molecular complexity index is 327. The fourth-order valence-electron chi connectivity index (χ4n) is 0.887. The molecule has 0 unspecified atom stereocenters. The second-order valence-electron chi connectivity index (χ2n) is 2.78. The van der Waals surface area contributed by atoms with Crippen LogP contribution in [0.4, 0.5) is 0 Å². The van der Waals surface area contributed by atoms with E-state index in [1.807, 2.05) is 19.1 Å². The highest BCUT2D eigenvalue weighted by molar-refractivity contribution is 7.89. The van der Waals surface area contributed by atoms with Crippen molar-refractivity contribution in [1.29, 1.82) is 0 Å². The number of hydrogen-bond acceptors (Lipinski definition) is 2. The van der Waals surface area contributed by atoms with Crippen molar-refractivity contribution in [1.82, 2.24) is 0 Å². The fraction of sp³-hybridized carbons (Fsp3) is 0.200. The summed E-state index contributed by atoms with van der Waals surface area (Å²) in [5, 5.41) is 8.73. The van der Waals surface area contributed by atoms with E-state index in [0.717, 1.165) is 5.56 Å². The minimum absolute atomic E-state index is 0.236. The van der Waals surface area contributed by atoms with Crippen molar-refractivity contribution < 1.29 is 9.32 Å². The van der Waals surface area contributed by atoms with Crippen molar-refractivity contribution in [2.24, 2.45) is 0 Å². The zero-order valence-electron chi connectivity index (χ0n) is 7.49. The molecule has 0 radical (unpaired) electrons. The van der Waals surface area contributed by atoms with Crippen molar-refractivity contribution in [3.8, 4) is 0 Å². The second kappa shape index (κ2) is 4.35. The maximum atomic E-state index is 11.5. The van der Waals surface area contributed by atoms with E-state index in [-0.39, 0.29) is 6.61 Å². The Labute approximate surface area is 80.4 Å². The molecule has 0 amide bonds. The zero-order valence-corrected chi connectivity index (χ0v) is 8.30. The van der Waals surface area contributed by atoms with Crippen LogP contribution in [0.5, 0.6) is 0 Å². The molecule has 1 aromatic carbocycles. The Hall–Kier alpha value is -0.930. The van der Waals surface area contributed by atoms with Crippen molar-refractivity contribution in [2.45, 2.75) is 11.8 Å². The van der Waals surface area contributed by atoms with Crippen LogP contribution in [0.25, 0.3) is 0 Å². The van der Waals surface area contributed by atoms with E-state index in [1.165, 1.54) is 0 Å². The first-order chi connectivity index (χ1) is 6.15. The normalized spacial score (nSPS) is 12.5. The van der Waals surface area contributed by atoms with Crippen LogP contribution in [-0.2, 0) is 10.8 Å². The van der Waals surface area contributed by atoms with Gasteiger partial charge in [-0.3, -0.25) is 0 Å². The summed E-state index contributed by atoms with van der Waals surface area (Å²) in [6, 6.07) is 7.34. The molecule has 2 nitrogen and oxygen atoms in total. The zero-order chi connectivity index (χ0) is 9.84. The van der Waals surface area contributed by atoms with Gasteiger partial charge in [0.05, 0.1) is 17.4 Å². The maximum Gasteiger partial charge on any atom is 0.0825 e. The summed E-state index contributed by atoms with van der Waals surface area (Å²) in [4.78, 5) is 1.02. The molecule has 0 heterocycles. The molecule has 0 aliphatic carbocycles.